The highest BCUT2D eigenvalue weighted by Gasteiger charge is 2.52. The van der Waals surface area contributed by atoms with Crippen LogP contribution in [0, 0.1) is 0 Å². The smallest absolute Gasteiger partial charge is 0.318 e. The van der Waals surface area contributed by atoms with Gasteiger partial charge in [0.15, 0.2) is 0 Å². The molecule has 1 saturated carbocycles. The summed E-state index contributed by atoms with van der Waals surface area (Å²) in [7, 11) is 0. The number of carbonyl (C=O) groups excluding carboxylic acids is 3. The van der Waals surface area contributed by atoms with Crippen molar-refractivity contribution in [1.29, 1.82) is 0 Å². The lowest BCUT2D eigenvalue weighted by Crippen LogP contribution is -2.49. The first-order valence-electron chi connectivity index (χ1n) is 8.70. The average molecular weight is 361 g/mol. The van der Waals surface area contributed by atoms with Gasteiger partial charge < -0.3 is 5.32 Å². The Kier molecular flexibility index (Phi) is 5.32. The van der Waals surface area contributed by atoms with Crippen LogP contribution in [0.4, 0.5) is 4.79 Å². The van der Waals surface area contributed by atoms with Gasteiger partial charge in [-0.05, 0) is 24.8 Å². The normalized spacial score (nSPS) is 23.8. The number of imide groups is 1. The summed E-state index contributed by atoms with van der Waals surface area (Å²) in [6.07, 6.45) is 5.09. The van der Waals surface area contributed by atoms with Crippen molar-refractivity contribution in [2.75, 3.05) is 5.75 Å². The number of amides is 4. The third kappa shape index (κ3) is 3.51. The molecule has 134 valence electrons. The first-order chi connectivity index (χ1) is 12.1. The van der Waals surface area contributed by atoms with Crippen molar-refractivity contribution in [3.8, 4) is 0 Å². The molecular formula is C18H23N3O3S. The standard InChI is InChI=1S/C18H23N3O3S/c1-2-18(13-8-4-3-5-9-13)16(23)21(17(24)19-18)20-15(22)12-25-14-10-6-7-11-14/h3-5,8-9,14H,2,6-7,10-12H2,1H3,(H,19,24)(H,20,22)/t18-/m1/s1. The summed E-state index contributed by atoms with van der Waals surface area (Å²) >= 11 is 1.60. The van der Waals surface area contributed by atoms with Crippen LogP contribution in [0.25, 0.3) is 0 Å². The number of hydrazine groups is 1. The predicted octanol–water partition coefficient (Wildman–Crippen LogP) is 2.55. The van der Waals surface area contributed by atoms with E-state index in [2.05, 4.69) is 10.7 Å². The predicted molar refractivity (Wildman–Crippen MR) is 96.6 cm³/mol. The highest BCUT2D eigenvalue weighted by molar-refractivity contribution is 8.00. The van der Waals surface area contributed by atoms with E-state index in [1.807, 2.05) is 37.3 Å². The zero-order valence-corrected chi connectivity index (χ0v) is 15.1. The molecule has 2 N–H and O–H groups in total. The lowest BCUT2D eigenvalue weighted by Gasteiger charge is -2.25. The first-order valence-corrected chi connectivity index (χ1v) is 9.75. The topological polar surface area (TPSA) is 78.5 Å². The molecule has 0 unspecified atom stereocenters. The number of rotatable bonds is 6. The minimum atomic E-state index is -1.12. The van der Waals surface area contributed by atoms with Crippen molar-refractivity contribution in [1.82, 2.24) is 15.8 Å². The zero-order valence-electron chi connectivity index (χ0n) is 14.3. The van der Waals surface area contributed by atoms with Crippen molar-refractivity contribution < 1.29 is 14.4 Å². The minimum absolute atomic E-state index is 0.256. The quantitative estimate of drug-likeness (QED) is 0.763. The zero-order chi connectivity index (χ0) is 17.9. The molecule has 4 amide bonds. The lowest BCUT2D eigenvalue weighted by molar-refractivity contribution is -0.138. The van der Waals surface area contributed by atoms with Gasteiger partial charge >= 0.3 is 6.03 Å². The van der Waals surface area contributed by atoms with Gasteiger partial charge in [-0.3, -0.25) is 15.0 Å². The summed E-state index contributed by atoms with van der Waals surface area (Å²) in [6.45, 7) is 1.84. The number of thioether (sulfide) groups is 1. The second-order valence-corrected chi connectivity index (χ2v) is 7.74. The third-order valence-corrected chi connectivity index (χ3v) is 6.25. The molecule has 1 aliphatic heterocycles. The van der Waals surface area contributed by atoms with Crippen LogP contribution in [0.1, 0.15) is 44.6 Å². The van der Waals surface area contributed by atoms with E-state index in [1.54, 1.807) is 11.8 Å². The molecule has 3 rings (SSSR count). The van der Waals surface area contributed by atoms with Crippen molar-refractivity contribution in [2.45, 2.75) is 49.8 Å². The number of nitrogens with zero attached hydrogens (tertiary/aromatic N) is 1. The van der Waals surface area contributed by atoms with E-state index >= 15 is 0 Å². The summed E-state index contributed by atoms with van der Waals surface area (Å²) in [6, 6.07) is 8.53. The van der Waals surface area contributed by atoms with Gasteiger partial charge in [0.2, 0.25) is 5.91 Å². The van der Waals surface area contributed by atoms with Gasteiger partial charge in [-0.15, -0.1) is 11.8 Å². The van der Waals surface area contributed by atoms with Crippen LogP contribution < -0.4 is 10.7 Å². The number of carbonyl (C=O) groups is 3. The molecule has 0 radical (unpaired) electrons. The maximum atomic E-state index is 12.9. The van der Waals surface area contributed by atoms with Crippen LogP contribution in [0.5, 0.6) is 0 Å². The molecule has 2 fully saturated rings. The molecule has 6 nitrogen and oxygen atoms in total. The fraction of sp³-hybridized carbons (Fsp3) is 0.500. The van der Waals surface area contributed by atoms with Gasteiger partial charge in [0, 0.05) is 5.25 Å². The summed E-state index contributed by atoms with van der Waals surface area (Å²) in [5.74, 6) is -0.502. The Morgan fingerprint density at radius 2 is 1.96 bits per heavy atom. The Hall–Kier alpha value is -2.02. The Morgan fingerprint density at radius 1 is 1.28 bits per heavy atom. The Labute approximate surface area is 151 Å². The fourth-order valence-electron chi connectivity index (χ4n) is 3.44. The average Bonchev–Trinajstić information content (AvgIpc) is 3.23. The van der Waals surface area contributed by atoms with E-state index in [0.29, 0.717) is 17.2 Å². The first kappa shape index (κ1) is 17.8. The summed E-state index contributed by atoms with van der Waals surface area (Å²) in [5.41, 5.74) is 2.07. The molecule has 7 heteroatoms. The van der Waals surface area contributed by atoms with Crippen LogP contribution in [0.15, 0.2) is 30.3 Å². The molecule has 0 aromatic heterocycles. The number of nitrogens with one attached hydrogen (secondary N) is 2. The fourth-order valence-corrected chi connectivity index (χ4v) is 4.56. The van der Waals surface area contributed by atoms with Crippen molar-refractivity contribution >= 4 is 29.6 Å². The molecule has 1 aromatic carbocycles. The molecule has 1 saturated heterocycles. The highest BCUT2D eigenvalue weighted by Crippen LogP contribution is 2.32. The summed E-state index contributed by atoms with van der Waals surface area (Å²) in [5, 5.41) is 4.09. The molecule has 1 aromatic rings. The molecule has 0 bridgehead atoms. The molecule has 1 atom stereocenters. The van der Waals surface area contributed by atoms with Gasteiger partial charge in [-0.25, -0.2) is 4.79 Å². The van der Waals surface area contributed by atoms with Crippen LogP contribution in [-0.2, 0) is 15.1 Å². The highest BCUT2D eigenvalue weighted by atomic mass is 32.2. The maximum Gasteiger partial charge on any atom is 0.344 e. The molecule has 0 spiro atoms. The maximum absolute atomic E-state index is 12.9. The SMILES string of the molecule is CC[C@]1(c2ccccc2)NC(=O)N(NC(=O)CSC2CCCC2)C1=O. The van der Waals surface area contributed by atoms with E-state index in [-0.39, 0.29) is 11.7 Å². The monoisotopic (exact) mass is 361 g/mol. The summed E-state index contributed by atoms with van der Waals surface area (Å²) in [4.78, 5) is 37.4. The Morgan fingerprint density at radius 3 is 2.60 bits per heavy atom. The molecular weight excluding hydrogens is 338 g/mol. The van der Waals surface area contributed by atoms with Crippen molar-refractivity contribution in [3.63, 3.8) is 0 Å². The molecule has 1 aliphatic carbocycles. The second-order valence-electron chi connectivity index (χ2n) is 6.45. The van der Waals surface area contributed by atoms with E-state index in [9.17, 15) is 14.4 Å². The van der Waals surface area contributed by atoms with E-state index in [0.717, 1.165) is 17.9 Å². The number of benzene rings is 1. The minimum Gasteiger partial charge on any atom is -0.318 e. The molecule has 1 heterocycles. The summed E-state index contributed by atoms with van der Waals surface area (Å²) < 4.78 is 0. The van der Waals surface area contributed by atoms with Gasteiger partial charge in [0.1, 0.15) is 5.54 Å². The Balaban J connectivity index is 1.67. The van der Waals surface area contributed by atoms with E-state index in [4.69, 9.17) is 0 Å². The van der Waals surface area contributed by atoms with Crippen LogP contribution in [0.2, 0.25) is 0 Å². The number of hydrogen-bond donors (Lipinski definition) is 2. The van der Waals surface area contributed by atoms with Gasteiger partial charge in [-0.2, -0.15) is 5.01 Å². The van der Waals surface area contributed by atoms with Gasteiger partial charge in [0.05, 0.1) is 5.75 Å². The Bertz CT molecular complexity index is 661. The van der Waals surface area contributed by atoms with Crippen LogP contribution >= 0.6 is 11.8 Å². The largest absolute Gasteiger partial charge is 0.344 e. The van der Waals surface area contributed by atoms with E-state index in [1.165, 1.54) is 12.8 Å². The van der Waals surface area contributed by atoms with Crippen LogP contribution in [0.3, 0.4) is 0 Å². The molecule has 2 aliphatic rings. The van der Waals surface area contributed by atoms with E-state index < -0.39 is 17.5 Å². The third-order valence-electron chi connectivity index (χ3n) is 4.88. The number of hydrogen-bond acceptors (Lipinski definition) is 4. The van der Waals surface area contributed by atoms with Crippen molar-refractivity contribution in [3.05, 3.63) is 35.9 Å². The second kappa shape index (κ2) is 7.47. The van der Waals surface area contributed by atoms with Crippen LogP contribution in [-0.4, -0.2) is 33.9 Å². The lowest BCUT2D eigenvalue weighted by atomic mass is 9.87. The molecule has 25 heavy (non-hydrogen) atoms. The van der Waals surface area contributed by atoms with Gasteiger partial charge in [0.25, 0.3) is 5.91 Å². The van der Waals surface area contributed by atoms with Crippen molar-refractivity contribution in [2.24, 2.45) is 0 Å². The number of urea groups is 1. The van der Waals surface area contributed by atoms with Gasteiger partial charge in [-0.1, -0.05) is 50.1 Å².